The molecule has 4 heteroatoms. The summed E-state index contributed by atoms with van der Waals surface area (Å²) in [7, 11) is 0. The first-order valence-corrected chi connectivity index (χ1v) is 8.47. The Morgan fingerprint density at radius 1 is 1.22 bits per heavy atom. The van der Waals surface area contributed by atoms with Crippen LogP contribution in [-0.4, -0.2) is 23.5 Å². The Hall–Kier alpha value is -1.16. The van der Waals surface area contributed by atoms with Crippen LogP contribution in [0.15, 0.2) is 42.0 Å². The number of halogens is 1. The smallest absolute Gasteiger partial charge is 0.164 e. The maximum absolute atomic E-state index is 12.2. The molecule has 0 amide bonds. The number of quaternary nitrogens is 1. The summed E-state index contributed by atoms with van der Waals surface area (Å²) in [4.78, 5) is 12.2. The van der Waals surface area contributed by atoms with Crippen molar-refractivity contribution in [3.05, 3.63) is 47.5 Å². The minimum Gasteiger partial charge on any atom is -1.00 e. The highest BCUT2D eigenvalue weighted by Gasteiger charge is 2.19. The average Bonchev–Trinajstić information content (AvgIpc) is 2.84. The van der Waals surface area contributed by atoms with E-state index in [-0.39, 0.29) is 18.4 Å². The highest BCUT2D eigenvalue weighted by atomic mass is 35.5. The van der Waals surface area contributed by atoms with Crippen molar-refractivity contribution in [1.82, 2.24) is 0 Å². The topological polar surface area (TPSA) is 53.9 Å². The summed E-state index contributed by atoms with van der Waals surface area (Å²) in [6.07, 6.45) is 7.80. The van der Waals surface area contributed by atoms with Gasteiger partial charge in [0.2, 0.25) is 0 Å². The predicted octanol–water partition coefficient (Wildman–Crippen LogP) is -0.474. The highest BCUT2D eigenvalue weighted by molar-refractivity contribution is 5.95. The van der Waals surface area contributed by atoms with Gasteiger partial charge in [0, 0.05) is 0 Å². The van der Waals surface area contributed by atoms with Gasteiger partial charge in [-0.15, -0.1) is 0 Å². The maximum Gasteiger partial charge on any atom is 0.164 e. The highest BCUT2D eigenvalue weighted by Crippen LogP contribution is 2.18. The van der Waals surface area contributed by atoms with E-state index in [0.717, 1.165) is 36.9 Å². The average molecular weight is 338 g/mol. The second-order valence-corrected chi connectivity index (χ2v) is 6.24. The molecule has 0 heterocycles. The molecule has 1 aliphatic rings. The lowest BCUT2D eigenvalue weighted by Gasteiger charge is -2.17. The Bertz CT molecular complexity index is 501. The standard InChI is InChI=1S/C19H27NO2.ClH/c1-15(19(22)17-11-7-4-8-12-17)20-14-13-18(21)16-9-5-2-3-6-10-16;/h4,7-9,11-12,15,19-20,22H,2-3,5-6,10,13-14H2,1H3;1H. The number of carbonyl (C=O) groups excluding carboxylic acids is 1. The fourth-order valence-electron chi connectivity index (χ4n) is 2.99. The van der Waals surface area contributed by atoms with Gasteiger partial charge in [0.15, 0.2) is 5.78 Å². The van der Waals surface area contributed by atoms with Gasteiger partial charge in [-0.3, -0.25) is 4.79 Å². The molecule has 0 bridgehead atoms. The van der Waals surface area contributed by atoms with Crippen LogP contribution in [-0.2, 0) is 4.79 Å². The Labute approximate surface area is 145 Å². The van der Waals surface area contributed by atoms with Crippen molar-refractivity contribution in [2.75, 3.05) is 6.54 Å². The molecular formula is C19H28ClNO2. The Kier molecular flexibility index (Phi) is 9.15. The van der Waals surface area contributed by atoms with Crippen molar-refractivity contribution < 1.29 is 27.6 Å². The van der Waals surface area contributed by atoms with Gasteiger partial charge in [0.25, 0.3) is 0 Å². The van der Waals surface area contributed by atoms with Crippen molar-refractivity contribution in [1.29, 1.82) is 0 Å². The molecule has 2 rings (SSSR count). The molecule has 1 aromatic rings. The van der Waals surface area contributed by atoms with Crippen LogP contribution < -0.4 is 17.7 Å². The monoisotopic (exact) mass is 337 g/mol. The number of hydrogen-bond acceptors (Lipinski definition) is 2. The Morgan fingerprint density at radius 3 is 2.70 bits per heavy atom. The zero-order valence-corrected chi connectivity index (χ0v) is 14.6. The van der Waals surface area contributed by atoms with Crippen LogP contribution in [0.5, 0.6) is 0 Å². The van der Waals surface area contributed by atoms with E-state index in [1.165, 1.54) is 12.8 Å². The van der Waals surface area contributed by atoms with Gasteiger partial charge in [0.05, 0.1) is 13.0 Å². The van der Waals surface area contributed by atoms with Crippen molar-refractivity contribution >= 4 is 5.78 Å². The van der Waals surface area contributed by atoms with Gasteiger partial charge >= 0.3 is 0 Å². The lowest BCUT2D eigenvalue weighted by atomic mass is 10.0. The molecule has 23 heavy (non-hydrogen) atoms. The number of allylic oxidation sites excluding steroid dienone is 2. The van der Waals surface area contributed by atoms with E-state index < -0.39 is 6.10 Å². The van der Waals surface area contributed by atoms with Crippen molar-refractivity contribution in [3.8, 4) is 0 Å². The van der Waals surface area contributed by atoms with Gasteiger partial charge in [-0.1, -0.05) is 42.8 Å². The van der Waals surface area contributed by atoms with E-state index in [9.17, 15) is 9.90 Å². The lowest BCUT2D eigenvalue weighted by Crippen LogP contribution is -3.00. The van der Waals surface area contributed by atoms with Crippen LogP contribution in [0.2, 0.25) is 0 Å². The summed E-state index contributed by atoms with van der Waals surface area (Å²) in [5, 5.41) is 12.4. The predicted molar refractivity (Wildman–Crippen MR) is 88.4 cm³/mol. The molecular weight excluding hydrogens is 310 g/mol. The summed E-state index contributed by atoms with van der Waals surface area (Å²) < 4.78 is 0. The molecule has 0 saturated heterocycles. The molecule has 2 atom stereocenters. The largest absolute Gasteiger partial charge is 1.00 e. The maximum atomic E-state index is 12.2. The summed E-state index contributed by atoms with van der Waals surface area (Å²) in [5.74, 6) is 0.291. The molecule has 128 valence electrons. The van der Waals surface area contributed by atoms with Gasteiger partial charge in [0.1, 0.15) is 12.1 Å². The van der Waals surface area contributed by atoms with Gasteiger partial charge < -0.3 is 22.8 Å². The summed E-state index contributed by atoms with van der Waals surface area (Å²) >= 11 is 0. The number of ketones is 1. The van der Waals surface area contributed by atoms with E-state index in [4.69, 9.17) is 0 Å². The van der Waals surface area contributed by atoms with E-state index in [0.29, 0.717) is 12.2 Å². The quantitative estimate of drug-likeness (QED) is 0.706. The first-order chi connectivity index (χ1) is 10.7. The zero-order valence-electron chi connectivity index (χ0n) is 13.9. The summed E-state index contributed by atoms with van der Waals surface area (Å²) in [5.41, 5.74) is 1.96. The number of benzene rings is 1. The van der Waals surface area contributed by atoms with Crippen molar-refractivity contribution in [2.45, 2.75) is 57.6 Å². The number of carbonyl (C=O) groups is 1. The molecule has 0 radical (unpaired) electrons. The van der Waals surface area contributed by atoms with Crippen LogP contribution >= 0.6 is 0 Å². The number of hydrogen-bond donors (Lipinski definition) is 2. The summed E-state index contributed by atoms with van der Waals surface area (Å²) in [6, 6.07) is 9.76. The van der Waals surface area contributed by atoms with Crippen LogP contribution in [0.25, 0.3) is 0 Å². The lowest BCUT2D eigenvalue weighted by molar-refractivity contribution is -0.693. The molecule has 0 fully saturated rings. The van der Waals surface area contributed by atoms with Crippen LogP contribution in [0.3, 0.4) is 0 Å². The Morgan fingerprint density at radius 2 is 1.96 bits per heavy atom. The first kappa shape index (κ1) is 19.9. The third-order valence-electron chi connectivity index (χ3n) is 4.45. The first-order valence-electron chi connectivity index (χ1n) is 8.47. The molecule has 0 saturated carbocycles. The van der Waals surface area contributed by atoms with Crippen molar-refractivity contribution in [3.63, 3.8) is 0 Å². The molecule has 2 unspecified atom stereocenters. The molecule has 1 aliphatic carbocycles. The van der Waals surface area contributed by atoms with Crippen LogP contribution in [0.1, 0.15) is 57.1 Å². The number of aliphatic hydroxyl groups excluding tert-OH is 1. The number of aliphatic hydroxyl groups is 1. The fraction of sp³-hybridized carbons (Fsp3) is 0.526. The fourth-order valence-corrected chi connectivity index (χ4v) is 2.99. The third-order valence-corrected chi connectivity index (χ3v) is 4.45. The van der Waals surface area contributed by atoms with Crippen molar-refractivity contribution in [2.24, 2.45) is 0 Å². The SMILES string of the molecule is CC([NH2+]CCC(=O)C1=CCCCCC1)C(O)c1ccccc1.[Cl-]. The number of Topliss-reactive ketones (excluding diaryl/α,β-unsaturated/α-hetero) is 1. The minimum atomic E-state index is -0.492. The second-order valence-electron chi connectivity index (χ2n) is 6.24. The third kappa shape index (κ3) is 6.46. The van der Waals surface area contributed by atoms with E-state index in [2.05, 4.69) is 11.4 Å². The molecule has 1 aromatic carbocycles. The van der Waals surface area contributed by atoms with E-state index >= 15 is 0 Å². The van der Waals surface area contributed by atoms with Crippen LogP contribution in [0.4, 0.5) is 0 Å². The molecule has 3 N–H and O–H groups in total. The molecule has 3 nitrogen and oxygen atoms in total. The Balaban J connectivity index is 0.00000264. The minimum absolute atomic E-state index is 0. The van der Waals surface area contributed by atoms with Gasteiger partial charge in [-0.05, 0) is 43.7 Å². The van der Waals surface area contributed by atoms with E-state index in [1.54, 1.807) is 0 Å². The number of nitrogens with two attached hydrogens (primary N) is 1. The molecule has 0 aromatic heterocycles. The van der Waals surface area contributed by atoms with Gasteiger partial charge in [-0.2, -0.15) is 0 Å². The normalized spacial score (nSPS) is 17.4. The second kappa shape index (κ2) is 10.6. The van der Waals surface area contributed by atoms with Crippen LogP contribution in [0, 0.1) is 0 Å². The number of rotatable bonds is 7. The zero-order chi connectivity index (χ0) is 15.8. The summed E-state index contributed by atoms with van der Waals surface area (Å²) in [6.45, 7) is 2.74. The van der Waals surface area contributed by atoms with E-state index in [1.807, 2.05) is 37.3 Å². The molecule has 0 aliphatic heterocycles. The molecule has 0 spiro atoms. The van der Waals surface area contributed by atoms with Gasteiger partial charge in [-0.25, -0.2) is 0 Å².